The van der Waals surface area contributed by atoms with Crippen molar-refractivity contribution in [2.24, 2.45) is 0 Å². The van der Waals surface area contributed by atoms with Gasteiger partial charge < -0.3 is 15.2 Å². The van der Waals surface area contributed by atoms with Gasteiger partial charge in [-0.2, -0.15) is 0 Å². The molecule has 0 aromatic heterocycles. The van der Waals surface area contributed by atoms with Crippen LogP contribution in [0.2, 0.25) is 0 Å². The first-order valence-electron chi connectivity index (χ1n) is 5.86. The number of nitrogen functional groups attached to an aromatic ring is 1. The van der Waals surface area contributed by atoms with Gasteiger partial charge in [0.15, 0.2) is 0 Å². The lowest BCUT2D eigenvalue weighted by molar-refractivity contribution is -0.144. The van der Waals surface area contributed by atoms with Gasteiger partial charge in [-0.1, -0.05) is 19.4 Å². The van der Waals surface area contributed by atoms with Crippen LogP contribution in [0.15, 0.2) is 24.3 Å². The first kappa shape index (κ1) is 13.4. The fourth-order valence-corrected chi connectivity index (χ4v) is 1.26. The van der Waals surface area contributed by atoms with Crippen LogP contribution in [0.4, 0.5) is 5.69 Å². The van der Waals surface area contributed by atoms with Crippen LogP contribution in [0, 0.1) is 0 Å². The standard InChI is InChI=1S/C13H19NO3/c1-2-3-8-17-13(15)7-9-16-12-6-4-5-11(14)10-12/h4-6,10H,2-3,7-9,14H2,1H3. The van der Waals surface area contributed by atoms with Crippen LogP contribution < -0.4 is 10.5 Å². The van der Waals surface area contributed by atoms with E-state index in [2.05, 4.69) is 6.92 Å². The van der Waals surface area contributed by atoms with E-state index >= 15 is 0 Å². The lowest BCUT2D eigenvalue weighted by Crippen LogP contribution is -2.10. The van der Waals surface area contributed by atoms with Crippen molar-refractivity contribution < 1.29 is 14.3 Å². The van der Waals surface area contributed by atoms with E-state index in [9.17, 15) is 4.79 Å². The number of benzene rings is 1. The highest BCUT2D eigenvalue weighted by atomic mass is 16.5. The third-order valence-corrected chi connectivity index (χ3v) is 2.19. The van der Waals surface area contributed by atoms with Gasteiger partial charge in [-0.25, -0.2) is 0 Å². The number of carbonyl (C=O) groups is 1. The smallest absolute Gasteiger partial charge is 0.309 e. The Labute approximate surface area is 102 Å². The summed E-state index contributed by atoms with van der Waals surface area (Å²) in [6, 6.07) is 7.12. The Bertz CT molecular complexity index is 352. The Hall–Kier alpha value is -1.71. The minimum absolute atomic E-state index is 0.220. The number of rotatable bonds is 7. The molecule has 0 radical (unpaired) electrons. The molecule has 0 bridgehead atoms. The van der Waals surface area contributed by atoms with Crippen LogP contribution in [0.5, 0.6) is 5.75 Å². The fourth-order valence-electron chi connectivity index (χ4n) is 1.26. The van der Waals surface area contributed by atoms with E-state index in [-0.39, 0.29) is 12.4 Å². The maximum absolute atomic E-state index is 11.2. The fraction of sp³-hybridized carbons (Fsp3) is 0.462. The number of hydrogen-bond acceptors (Lipinski definition) is 4. The second kappa shape index (κ2) is 7.54. The SMILES string of the molecule is CCCCOC(=O)CCOc1cccc(N)c1. The van der Waals surface area contributed by atoms with Crippen LogP contribution in [-0.2, 0) is 9.53 Å². The zero-order valence-corrected chi connectivity index (χ0v) is 10.1. The molecule has 4 nitrogen and oxygen atoms in total. The highest BCUT2D eigenvalue weighted by Crippen LogP contribution is 2.14. The molecule has 94 valence electrons. The molecular weight excluding hydrogens is 218 g/mol. The lowest BCUT2D eigenvalue weighted by Gasteiger charge is -2.07. The molecule has 0 amide bonds. The molecule has 17 heavy (non-hydrogen) atoms. The average Bonchev–Trinajstić information content (AvgIpc) is 2.29. The third-order valence-electron chi connectivity index (χ3n) is 2.19. The molecule has 1 aromatic carbocycles. The molecule has 0 aliphatic heterocycles. The normalized spacial score (nSPS) is 9.94. The summed E-state index contributed by atoms with van der Waals surface area (Å²) < 4.78 is 10.4. The summed E-state index contributed by atoms with van der Waals surface area (Å²) in [5.74, 6) is 0.453. The van der Waals surface area contributed by atoms with Crippen LogP contribution in [-0.4, -0.2) is 19.2 Å². The third kappa shape index (κ3) is 5.80. The minimum atomic E-state index is -0.220. The van der Waals surface area contributed by atoms with Gasteiger partial charge in [-0.15, -0.1) is 0 Å². The predicted octanol–water partition coefficient (Wildman–Crippen LogP) is 2.38. The Morgan fingerprint density at radius 2 is 2.18 bits per heavy atom. The summed E-state index contributed by atoms with van der Waals surface area (Å²) in [6.45, 7) is 2.86. The molecule has 0 unspecified atom stereocenters. The molecule has 2 N–H and O–H groups in total. The Morgan fingerprint density at radius 3 is 2.88 bits per heavy atom. The van der Waals surface area contributed by atoms with Gasteiger partial charge in [0.25, 0.3) is 0 Å². The summed E-state index contributed by atoms with van der Waals surface area (Å²) in [7, 11) is 0. The molecule has 0 aliphatic carbocycles. The number of unbranched alkanes of at least 4 members (excludes halogenated alkanes) is 1. The molecule has 0 fully saturated rings. The maximum atomic E-state index is 11.2. The molecule has 0 aliphatic rings. The summed E-state index contributed by atoms with van der Waals surface area (Å²) in [4.78, 5) is 11.2. The molecule has 0 spiro atoms. The highest BCUT2D eigenvalue weighted by Gasteiger charge is 2.03. The van der Waals surface area contributed by atoms with Crippen molar-refractivity contribution in [1.29, 1.82) is 0 Å². The molecular formula is C13H19NO3. The number of nitrogens with two attached hydrogens (primary N) is 1. The van der Waals surface area contributed by atoms with Crippen LogP contribution >= 0.6 is 0 Å². The summed E-state index contributed by atoms with van der Waals surface area (Å²) in [5.41, 5.74) is 6.25. The van der Waals surface area contributed by atoms with Crippen LogP contribution in [0.1, 0.15) is 26.2 Å². The number of ether oxygens (including phenoxy) is 2. The molecule has 4 heteroatoms. The van der Waals surface area contributed by atoms with E-state index in [1.165, 1.54) is 0 Å². The van der Waals surface area contributed by atoms with Crippen molar-refractivity contribution in [3.8, 4) is 5.75 Å². The van der Waals surface area contributed by atoms with Gasteiger partial charge in [-0.3, -0.25) is 4.79 Å². The second-order valence-corrected chi connectivity index (χ2v) is 3.74. The predicted molar refractivity (Wildman–Crippen MR) is 66.8 cm³/mol. The Balaban J connectivity index is 2.17. The monoisotopic (exact) mass is 237 g/mol. The molecule has 1 aromatic rings. The number of hydrogen-bond donors (Lipinski definition) is 1. The van der Waals surface area contributed by atoms with Crippen molar-refractivity contribution in [2.75, 3.05) is 18.9 Å². The average molecular weight is 237 g/mol. The van der Waals surface area contributed by atoms with E-state index < -0.39 is 0 Å². The van der Waals surface area contributed by atoms with Crippen molar-refractivity contribution in [1.82, 2.24) is 0 Å². The molecule has 0 heterocycles. The zero-order chi connectivity index (χ0) is 12.5. The molecule has 0 saturated heterocycles. The van der Waals surface area contributed by atoms with Crippen molar-refractivity contribution >= 4 is 11.7 Å². The van der Waals surface area contributed by atoms with Gasteiger partial charge in [-0.05, 0) is 18.6 Å². The number of anilines is 1. The van der Waals surface area contributed by atoms with E-state index in [1.54, 1.807) is 18.2 Å². The largest absolute Gasteiger partial charge is 0.493 e. The van der Waals surface area contributed by atoms with Crippen molar-refractivity contribution in [3.63, 3.8) is 0 Å². The maximum Gasteiger partial charge on any atom is 0.309 e. The summed E-state index contributed by atoms with van der Waals surface area (Å²) in [5, 5.41) is 0. The zero-order valence-electron chi connectivity index (χ0n) is 10.1. The summed E-state index contributed by atoms with van der Waals surface area (Å²) >= 11 is 0. The van der Waals surface area contributed by atoms with E-state index in [4.69, 9.17) is 15.2 Å². The first-order valence-corrected chi connectivity index (χ1v) is 5.86. The number of esters is 1. The van der Waals surface area contributed by atoms with E-state index in [1.807, 2.05) is 6.07 Å². The van der Waals surface area contributed by atoms with E-state index in [0.29, 0.717) is 24.7 Å². The molecule has 1 rings (SSSR count). The Kier molecular flexibility index (Phi) is 5.93. The van der Waals surface area contributed by atoms with Crippen LogP contribution in [0.3, 0.4) is 0 Å². The first-order chi connectivity index (χ1) is 8.22. The van der Waals surface area contributed by atoms with E-state index in [0.717, 1.165) is 12.8 Å². The van der Waals surface area contributed by atoms with Gasteiger partial charge >= 0.3 is 5.97 Å². The van der Waals surface area contributed by atoms with Gasteiger partial charge in [0.05, 0.1) is 19.6 Å². The van der Waals surface area contributed by atoms with Crippen LogP contribution in [0.25, 0.3) is 0 Å². The number of carbonyl (C=O) groups excluding carboxylic acids is 1. The van der Waals surface area contributed by atoms with Gasteiger partial charge in [0.1, 0.15) is 5.75 Å². The van der Waals surface area contributed by atoms with Gasteiger partial charge in [0, 0.05) is 11.8 Å². The van der Waals surface area contributed by atoms with Crippen molar-refractivity contribution in [2.45, 2.75) is 26.2 Å². The quantitative estimate of drug-likeness (QED) is 0.449. The molecule has 0 atom stereocenters. The topological polar surface area (TPSA) is 61.5 Å². The minimum Gasteiger partial charge on any atom is -0.493 e. The highest BCUT2D eigenvalue weighted by molar-refractivity contribution is 5.69. The second-order valence-electron chi connectivity index (χ2n) is 3.74. The molecule has 0 saturated carbocycles. The van der Waals surface area contributed by atoms with Crippen molar-refractivity contribution in [3.05, 3.63) is 24.3 Å². The Morgan fingerprint density at radius 1 is 1.35 bits per heavy atom. The lowest BCUT2D eigenvalue weighted by atomic mass is 10.3. The van der Waals surface area contributed by atoms with Gasteiger partial charge in [0.2, 0.25) is 0 Å². The summed E-state index contributed by atoms with van der Waals surface area (Å²) in [6.07, 6.45) is 2.19.